The van der Waals surface area contributed by atoms with Crippen molar-refractivity contribution >= 4 is 33.4 Å². The van der Waals surface area contributed by atoms with Gasteiger partial charge in [0.2, 0.25) is 0 Å². The number of carbonyl (C=O) groups excluding carboxylic acids is 1. The van der Waals surface area contributed by atoms with Crippen molar-refractivity contribution in [2.75, 3.05) is 26.2 Å². The average Bonchev–Trinajstić information content (AvgIpc) is 2.82. The topological polar surface area (TPSA) is 32.3 Å². The first kappa shape index (κ1) is 14.8. The van der Waals surface area contributed by atoms with Gasteiger partial charge in [-0.05, 0) is 43.6 Å². The van der Waals surface area contributed by atoms with E-state index in [0.717, 1.165) is 37.1 Å². The fourth-order valence-electron chi connectivity index (χ4n) is 2.39. The number of nitrogens with one attached hydrogen (secondary N) is 1. The van der Waals surface area contributed by atoms with Crippen molar-refractivity contribution in [2.24, 2.45) is 5.92 Å². The Kier molecular flexibility index (Phi) is 5.25. The highest BCUT2D eigenvalue weighted by Gasteiger charge is 2.21. The van der Waals surface area contributed by atoms with Crippen LogP contribution in [0.1, 0.15) is 23.7 Å². The quantitative estimate of drug-likeness (QED) is 0.909. The predicted octanol–water partition coefficient (Wildman–Crippen LogP) is 3.17. The van der Waals surface area contributed by atoms with E-state index < -0.39 is 0 Å². The van der Waals surface area contributed by atoms with Crippen LogP contribution in [-0.2, 0) is 0 Å². The minimum Gasteiger partial charge on any atom is -0.352 e. The Morgan fingerprint density at radius 1 is 1.53 bits per heavy atom. The standard InChI is InChI=1S/C14H18BrClN2O/c1-2-18-4-3-10(9-18)8-17-14(19)11-5-12(15)7-13(16)6-11/h5-7,10H,2-4,8-9H2,1H3,(H,17,19). The largest absolute Gasteiger partial charge is 0.352 e. The third-order valence-electron chi connectivity index (χ3n) is 3.49. The molecule has 104 valence electrons. The minimum atomic E-state index is -0.0573. The summed E-state index contributed by atoms with van der Waals surface area (Å²) in [4.78, 5) is 14.5. The molecule has 0 saturated carbocycles. The molecule has 19 heavy (non-hydrogen) atoms. The van der Waals surface area contributed by atoms with Gasteiger partial charge in [-0.1, -0.05) is 34.5 Å². The third kappa shape index (κ3) is 4.20. The van der Waals surface area contributed by atoms with E-state index >= 15 is 0 Å². The molecule has 1 amide bonds. The maximum absolute atomic E-state index is 12.1. The van der Waals surface area contributed by atoms with Crippen LogP contribution in [0.5, 0.6) is 0 Å². The molecule has 0 aromatic heterocycles. The number of nitrogens with zero attached hydrogens (tertiary/aromatic N) is 1. The first-order valence-corrected chi connectivity index (χ1v) is 7.72. The minimum absolute atomic E-state index is 0.0573. The Bertz CT molecular complexity index is 447. The highest BCUT2D eigenvalue weighted by molar-refractivity contribution is 9.10. The molecule has 1 aromatic carbocycles. The Labute approximate surface area is 127 Å². The molecule has 1 aliphatic heterocycles. The third-order valence-corrected chi connectivity index (χ3v) is 4.17. The first-order chi connectivity index (χ1) is 9.08. The Morgan fingerprint density at radius 2 is 2.32 bits per heavy atom. The van der Waals surface area contributed by atoms with Crippen LogP contribution in [-0.4, -0.2) is 37.0 Å². The number of likely N-dealkylation sites (tertiary alicyclic amines) is 1. The monoisotopic (exact) mass is 344 g/mol. The summed E-state index contributed by atoms with van der Waals surface area (Å²) in [5, 5.41) is 3.56. The molecule has 0 aliphatic carbocycles. The van der Waals surface area contributed by atoms with Gasteiger partial charge in [0, 0.05) is 28.1 Å². The lowest BCUT2D eigenvalue weighted by atomic mass is 10.1. The molecule has 1 aliphatic rings. The number of hydrogen-bond acceptors (Lipinski definition) is 2. The lowest BCUT2D eigenvalue weighted by Crippen LogP contribution is -2.31. The number of carbonyl (C=O) groups is 1. The highest BCUT2D eigenvalue weighted by Crippen LogP contribution is 2.20. The van der Waals surface area contributed by atoms with Gasteiger partial charge in [-0.2, -0.15) is 0 Å². The zero-order valence-corrected chi connectivity index (χ0v) is 13.3. The van der Waals surface area contributed by atoms with E-state index in [2.05, 4.69) is 33.1 Å². The van der Waals surface area contributed by atoms with Crippen molar-refractivity contribution in [2.45, 2.75) is 13.3 Å². The van der Waals surface area contributed by atoms with Crippen LogP contribution in [0.4, 0.5) is 0 Å². The summed E-state index contributed by atoms with van der Waals surface area (Å²) < 4.78 is 0.822. The molecule has 5 heteroatoms. The molecular formula is C14H18BrClN2O. The Morgan fingerprint density at radius 3 is 2.95 bits per heavy atom. The number of halogens is 2. The van der Waals surface area contributed by atoms with E-state index in [4.69, 9.17) is 11.6 Å². The molecule has 1 fully saturated rings. The zero-order valence-electron chi connectivity index (χ0n) is 11.0. The molecule has 1 saturated heterocycles. The summed E-state index contributed by atoms with van der Waals surface area (Å²) in [5.41, 5.74) is 0.602. The maximum Gasteiger partial charge on any atom is 0.251 e. The molecule has 2 rings (SSSR count). The van der Waals surface area contributed by atoms with E-state index in [9.17, 15) is 4.79 Å². The van der Waals surface area contributed by atoms with Crippen LogP contribution in [0, 0.1) is 5.92 Å². The van der Waals surface area contributed by atoms with Gasteiger partial charge in [-0.25, -0.2) is 0 Å². The molecule has 1 aromatic rings. The van der Waals surface area contributed by atoms with Crippen molar-refractivity contribution in [3.63, 3.8) is 0 Å². The van der Waals surface area contributed by atoms with Gasteiger partial charge in [-0.15, -0.1) is 0 Å². The predicted molar refractivity (Wildman–Crippen MR) is 81.7 cm³/mol. The van der Waals surface area contributed by atoms with Crippen LogP contribution in [0.25, 0.3) is 0 Å². The van der Waals surface area contributed by atoms with Crippen LogP contribution in [0.15, 0.2) is 22.7 Å². The molecule has 1 N–H and O–H groups in total. The van der Waals surface area contributed by atoms with Gasteiger partial charge in [0.15, 0.2) is 0 Å². The second-order valence-electron chi connectivity index (χ2n) is 4.92. The van der Waals surface area contributed by atoms with E-state index in [0.29, 0.717) is 16.5 Å². The summed E-state index contributed by atoms with van der Waals surface area (Å²) in [6.07, 6.45) is 1.16. The van der Waals surface area contributed by atoms with Crippen LogP contribution < -0.4 is 5.32 Å². The maximum atomic E-state index is 12.1. The van der Waals surface area contributed by atoms with Crippen LogP contribution >= 0.6 is 27.5 Å². The smallest absolute Gasteiger partial charge is 0.251 e. The second kappa shape index (κ2) is 6.73. The highest BCUT2D eigenvalue weighted by atomic mass is 79.9. The summed E-state index contributed by atoms with van der Waals surface area (Å²) in [5.74, 6) is 0.504. The molecule has 0 spiro atoms. The number of benzene rings is 1. The van der Waals surface area contributed by atoms with Gasteiger partial charge in [0.1, 0.15) is 0 Å². The van der Waals surface area contributed by atoms with Crippen molar-refractivity contribution in [3.05, 3.63) is 33.3 Å². The molecule has 0 radical (unpaired) electrons. The van der Waals surface area contributed by atoms with Crippen molar-refractivity contribution in [3.8, 4) is 0 Å². The van der Waals surface area contributed by atoms with E-state index in [1.165, 1.54) is 0 Å². The van der Waals surface area contributed by atoms with E-state index in [1.54, 1.807) is 18.2 Å². The van der Waals surface area contributed by atoms with E-state index in [-0.39, 0.29) is 5.91 Å². The summed E-state index contributed by atoms with van der Waals surface area (Å²) in [6, 6.07) is 5.25. The Hall–Kier alpha value is -0.580. The lowest BCUT2D eigenvalue weighted by molar-refractivity contribution is 0.0947. The molecule has 1 heterocycles. The fourth-order valence-corrected chi connectivity index (χ4v) is 3.25. The molecular weight excluding hydrogens is 328 g/mol. The van der Waals surface area contributed by atoms with Gasteiger partial charge in [0.05, 0.1) is 0 Å². The van der Waals surface area contributed by atoms with Gasteiger partial charge >= 0.3 is 0 Å². The molecule has 0 bridgehead atoms. The van der Waals surface area contributed by atoms with Crippen molar-refractivity contribution in [1.82, 2.24) is 10.2 Å². The van der Waals surface area contributed by atoms with Crippen LogP contribution in [0.3, 0.4) is 0 Å². The zero-order chi connectivity index (χ0) is 13.8. The van der Waals surface area contributed by atoms with Crippen molar-refractivity contribution in [1.29, 1.82) is 0 Å². The Balaban J connectivity index is 1.87. The van der Waals surface area contributed by atoms with Gasteiger partial charge in [0.25, 0.3) is 5.91 Å². The first-order valence-electron chi connectivity index (χ1n) is 6.55. The summed E-state index contributed by atoms with van der Waals surface area (Å²) in [6.45, 7) is 6.21. The molecule has 3 nitrogen and oxygen atoms in total. The normalized spacial score (nSPS) is 19.6. The van der Waals surface area contributed by atoms with Crippen LogP contribution in [0.2, 0.25) is 5.02 Å². The number of amides is 1. The van der Waals surface area contributed by atoms with Crippen molar-refractivity contribution < 1.29 is 4.79 Å². The lowest BCUT2D eigenvalue weighted by Gasteiger charge is -2.14. The fraction of sp³-hybridized carbons (Fsp3) is 0.500. The van der Waals surface area contributed by atoms with Gasteiger partial charge in [-0.3, -0.25) is 4.79 Å². The SMILES string of the molecule is CCN1CCC(CNC(=O)c2cc(Cl)cc(Br)c2)C1. The number of rotatable bonds is 4. The summed E-state index contributed by atoms with van der Waals surface area (Å²) in [7, 11) is 0. The summed E-state index contributed by atoms with van der Waals surface area (Å²) >= 11 is 9.29. The van der Waals surface area contributed by atoms with Gasteiger partial charge < -0.3 is 10.2 Å². The number of hydrogen-bond donors (Lipinski definition) is 1. The molecule has 1 unspecified atom stereocenters. The van der Waals surface area contributed by atoms with E-state index in [1.807, 2.05) is 0 Å². The molecule has 1 atom stereocenters. The second-order valence-corrected chi connectivity index (χ2v) is 6.27. The average molecular weight is 346 g/mol.